The molecule has 4 aromatic rings. The monoisotopic (exact) mass is 684 g/mol. The topological polar surface area (TPSA) is 155 Å². The van der Waals surface area contributed by atoms with Crippen LogP contribution in [0, 0.1) is 5.41 Å². The van der Waals surface area contributed by atoms with Crippen LogP contribution < -0.4 is 15.5 Å². The van der Waals surface area contributed by atoms with E-state index in [1.807, 2.05) is 48.8 Å². The molecular weight excluding hydrogens is 636 g/mol. The first-order chi connectivity index (χ1) is 24.2. The van der Waals surface area contributed by atoms with E-state index in [2.05, 4.69) is 22.5 Å². The fraction of sp³-hybridized carbons (Fsp3) is 0.405. The first kappa shape index (κ1) is 37.5. The lowest BCUT2D eigenvalue weighted by atomic mass is 10.1. The van der Waals surface area contributed by atoms with Crippen molar-refractivity contribution in [3.8, 4) is 0 Å². The number of carbonyl (C=O) groups excluding carboxylic acids is 3. The number of pyridine rings is 1. The zero-order valence-electron chi connectivity index (χ0n) is 29.4. The second kappa shape index (κ2) is 19.0. The number of hydrogen-bond acceptors (Lipinski definition) is 10. The maximum Gasteiger partial charge on any atom is 0.412 e. The molecule has 2 heterocycles. The van der Waals surface area contributed by atoms with E-state index in [0.717, 1.165) is 55.7 Å². The van der Waals surface area contributed by atoms with Gasteiger partial charge in [0.15, 0.2) is 0 Å². The second-order valence-corrected chi connectivity index (χ2v) is 12.2. The highest BCUT2D eigenvalue weighted by atomic mass is 16.5. The fourth-order valence-corrected chi connectivity index (χ4v) is 5.21. The molecule has 0 saturated heterocycles. The summed E-state index contributed by atoms with van der Waals surface area (Å²) in [7, 11) is 5.84. The summed E-state index contributed by atoms with van der Waals surface area (Å²) < 4.78 is 12.5. The average molecular weight is 685 g/mol. The van der Waals surface area contributed by atoms with Gasteiger partial charge in [0.1, 0.15) is 17.5 Å². The maximum absolute atomic E-state index is 13.8. The lowest BCUT2D eigenvalue weighted by molar-refractivity contribution is -0.143. The van der Waals surface area contributed by atoms with Crippen molar-refractivity contribution < 1.29 is 23.9 Å². The summed E-state index contributed by atoms with van der Waals surface area (Å²) in [5, 5.41) is 14.0. The van der Waals surface area contributed by atoms with Crippen LogP contribution in [-0.2, 0) is 27.9 Å². The Balaban J connectivity index is 1.36. The molecule has 2 amide bonds. The molecule has 2 aromatic carbocycles. The number of ether oxygens (including phenoxy) is 2. The molecule has 0 aliphatic rings. The van der Waals surface area contributed by atoms with Crippen molar-refractivity contribution >= 4 is 46.3 Å². The van der Waals surface area contributed by atoms with Gasteiger partial charge in [-0.3, -0.25) is 25.2 Å². The van der Waals surface area contributed by atoms with Gasteiger partial charge < -0.3 is 24.3 Å². The SMILES string of the molecule is CCCCCCOC(=O)NC(=N)c1ccc(NCc2nc3cc(C(=O)N(CCC(=O)OCCCN(C)C)c4ccccn4)ccc3n2C)cc1. The fourth-order valence-electron chi connectivity index (χ4n) is 5.21. The first-order valence-corrected chi connectivity index (χ1v) is 17.0. The van der Waals surface area contributed by atoms with Crippen molar-refractivity contribution in [1.82, 2.24) is 24.8 Å². The molecule has 0 fully saturated rings. The molecule has 13 heteroatoms. The molecule has 0 radical (unpaired) electrons. The van der Waals surface area contributed by atoms with E-state index in [-0.39, 0.29) is 30.7 Å². The minimum atomic E-state index is -0.629. The third-order valence-corrected chi connectivity index (χ3v) is 8.03. The maximum atomic E-state index is 13.8. The quantitative estimate of drug-likeness (QED) is 0.0515. The third kappa shape index (κ3) is 11.1. The Bertz CT molecular complexity index is 1720. The molecule has 2 aromatic heterocycles. The van der Waals surface area contributed by atoms with Gasteiger partial charge in [-0.05, 0) is 81.5 Å². The molecule has 0 aliphatic heterocycles. The highest BCUT2D eigenvalue weighted by Crippen LogP contribution is 2.21. The van der Waals surface area contributed by atoms with Crippen LogP contribution in [0.3, 0.4) is 0 Å². The molecule has 50 heavy (non-hydrogen) atoms. The van der Waals surface area contributed by atoms with E-state index < -0.39 is 6.09 Å². The summed E-state index contributed by atoms with van der Waals surface area (Å²) in [6, 6.07) is 17.8. The largest absolute Gasteiger partial charge is 0.466 e. The first-order valence-electron chi connectivity index (χ1n) is 17.0. The number of unbranched alkanes of at least 4 members (excludes halogenated alkanes) is 3. The van der Waals surface area contributed by atoms with Crippen LogP contribution in [0.2, 0.25) is 0 Å². The summed E-state index contributed by atoms with van der Waals surface area (Å²) >= 11 is 0. The molecule has 0 spiro atoms. The zero-order valence-corrected chi connectivity index (χ0v) is 29.4. The lowest BCUT2D eigenvalue weighted by Crippen LogP contribution is -2.34. The molecule has 0 aliphatic carbocycles. The summed E-state index contributed by atoms with van der Waals surface area (Å²) in [6.07, 6.45) is 5.78. The molecule has 0 unspecified atom stereocenters. The van der Waals surface area contributed by atoms with Gasteiger partial charge in [-0.2, -0.15) is 0 Å². The van der Waals surface area contributed by atoms with Gasteiger partial charge in [-0.1, -0.05) is 32.3 Å². The lowest BCUT2D eigenvalue weighted by Gasteiger charge is -2.21. The Morgan fingerprint density at radius 3 is 2.38 bits per heavy atom. The minimum absolute atomic E-state index is 0.0343. The van der Waals surface area contributed by atoms with Crippen LogP contribution in [-0.4, -0.2) is 83.6 Å². The third-order valence-electron chi connectivity index (χ3n) is 8.03. The molecule has 266 valence electrons. The summed E-state index contributed by atoms with van der Waals surface area (Å²) in [4.78, 5) is 50.9. The predicted octanol–water partition coefficient (Wildman–Crippen LogP) is 5.74. The normalized spacial score (nSPS) is 11.0. The number of nitrogens with one attached hydrogen (secondary N) is 3. The van der Waals surface area contributed by atoms with Crippen LogP contribution in [0.25, 0.3) is 11.0 Å². The Morgan fingerprint density at radius 1 is 0.900 bits per heavy atom. The van der Waals surface area contributed by atoms with Gasteiger partial charge in [0.05, 0.1) is 37.2 Å². The highest BCUT2D eigenvalue weighted by molar-refractivity contribution is 6.07. The summed E-state index contributed by atoms with van der Waals surface area (Å²) in [6.45, 7) is 4.13. The Morgan fingerprint density at radius 2 is 1.66 bits per heavy atom. The standard InChI is InChI=1S/C37H48N8O5/c1-5-6-7-10-23-50-37(48)42-35(38)27-13-16-29(17-14-27)40-26-33-41-30-25-28(15-18-31(30)44(33)4)36(47)45(32-12-8-9-20-39-32)22-19-34(46)49-24-11-21-43(2)3/h8-9,12-18,20,25,40H,5-7,10-11,19,21-24,26H2,1-4H3,(H2,38,42,48). The number of imidazole rings is 1. The number of benzene rings is 2. The number of esters is 1. The van der Waals surface area contributed by atoms with Crippen LogP contribution in [0.15, 0.2) is 66.9 Å². The van der Waals surface area contributed by atoms with Gasteiger partial charge in [0.25, 0.3) is 5.91 Å². The van der Waals surface area contributed by atoms with E-state index in [0.29, 0.717) is 42.2 Å². The van der Waals surface area contributed by atoms with Crippen molar-refractivity contribution in [2.75, 3.05) is 50.6 Å². The molecule has 13 nitrogen and oxygen atoms in total. The van der Waals surface area contributed by atoms with Crippen molar-refractivity contribution in [2.24, 2.45) is 7.05 Å². The highest BCUT2D eigenvalue weighted by Gasteiger charge is 2.22. The van der Waals surface area contributed by atoms with Gasteiger partial charge in [0, 0.05) is 43.1 Å². The van der Waals surface area contributed by atoms with Crippen LogP contribution >= 0.6 is 0 Å². The van der Waals surface area contributed by atoms with Crippen LogP contribution in [0.1, 0.15) is 67.2 Å². The average Bonchev–Trinajstić information content (AvgIpc) is 3.43. The molecule has 0 saturated carbocycles. The van der Waals surface area contributed by atoms with Gasteiger partial charge in [-0.15, -0.1) is 0 Å². The van der Waals surface area contributed by atoms with E-state index in [1.54, 1.807) is 48.7 Å². The molecule has 0 bridgehead atoms. The molecule has 3 N–H and O–H groups in total. The number of fused-ring (bicyclic) bond motifs is 1. The summed E-state index contributed by atoms with van der Waals surface area (Å²) in [5.41, 5.74) is 3.30. The van der Waals surface area contributed by atoms with Crippen LogP contribution in [0.5, 0.6) is 0 Å². The predicted molar refractivity (Wildman–Crippen MR) is 195 cm³/mol. The molecule has 0 atom stereocenters. The second-order valence-electron chi connectivity index (χ2n) is 12.2. The van der Waals surface area contributed by atoms with Crippen molar-refractivity contribution in [2.45, 2.75) is 52.0 Å². The molecule has 4 rings (SSSR count). The summed E-state index contributed by atoms with van der Waals surface area (Å²) in [5.74, 6) is 0.499. The van der Waals surface area contributed by atoms with Crippen molar-refractivity contribution in [3.05, 3.63) is 83.8 Å². The Hall–Kier alpha value is -5.30. The van der Waals surface area contributed by atoms with E-state index in [9.17, 15) is 14.4 Å². The number of alkyl carbamates (subject to hydrolysis) is 1. The van der Waals surface area contributed by atoms with Crippen LogP contribution in [0.4, 0.5) is 16.3 Å². The van der Waals surface area contributed by atoms with Crippen molar-refractivity contribution in [1.29, 1.82) is 5.41 Å². The number of amidine groups is 1. The smallest absolute Gasteiger partial charge is 0.412 e. The van der Waals surface area contributed by atoms with E-state index in [1.165, 1.54) is 4.90 Å². The number of aromatic nitrogens is 3. The number of anilines is 2. The van der Waals surface area contributed by atoms with Gasteiger partial charge in [0.2, 0.25) is 0 Å². The van der Waals surface area contributed by atoms with E-state index >= 15 is 0 Å². The van der Waals surface area contributed by atoms with Crippen molar-refractivity contribution in [3.63, 3.8) is 0 Å². The van der Waals surface area contributed by atoms with E-state index in [4.69, 9.17) is 19.9 Å². The van der Waals surface area contributed by atoms with Gasteiger partial charge in [-0.25, -0.2) is 14.8 Å². The Labute approximate surface area is 293 Å². The zero-order chi connectivity index (χ0) is 35.9. The van der Waals surface area contributed by atoms with Gasteiger partial charge >= 0.3 is 12.1 Å². The number of carbonyl (C=O) groups is 3. The number of amides is 2. The molecular formula is C37H48N8O5. The Kier molecular flexibility index (Phi) is 14.3. The number of rotatable bonds is 18. The number of aryl methyl sites for hydroxylation is 1. The minimum Gasteiger partial charge on any atom is -0.466 e. The number of nitrogens with zero attached hydrogens (tertiary/aromatic N) is 5. The number of hydrogen-bond donors (Lipinski definition) is 3.